The molecule has 0 heterocycles. The average Bonchev–Trinajstić information content (AvgIpc) is 2.44. The first kappa shape index (κ1) is 13.3. The fourth-order valence-electron chi connectivity index (χ4n) is 2.07. The minimum atomic E-state index is -0.224. The van der Waals surface area contributed by atoms with Crippen LogP contribution < -0.4 is 4.74 Å². The van der Waals surface area contributed by atoms with Crippen LogP contribution in [0.4, 0.5) is 4.39 Å². The summed E-state index contributed by atoms with van der Waals surface area (Å²) in [6.07, 6.45) is 1.86. The molecule has 2 aromatic carbocycles. The van der Waals surface area contributed by atoms with Gasteiger partial charge in [-0.05, 0) is 42.3 Å². The Morgan fingerprint density at radius 2 is 1.58 bits per heavy atom. The highest BCUT2D eigenvalue weighted by atomic mass is 19.1. The van der Waals surface area contributed by atoms with E-state index in [1.54, 1.807) is 12.1 Å². The maximum Gasteiger partial charge on any atom is 0.123 e. The lowest BCUT2D eigenvalue weighted by molar-refractivity contribution is 0.340. The first-order chi connectivity index (χ1) is 9.24. The van der Waals surface area contributed by atoms with Crippen LogP contribution in [0.25, 0.3) is 0 Å². The van der Waals surface area contributed by atoms with Gasteiger partial charge in [-0.25, -0.2) is 4.39 Å². The van der Waals surface area contributed by atoms with Crippen molar-refractivity contribution in [2.75, 3.05) is 6.61 Å². The summed E-state index contributed by atoms with van der Waals surface area (Å²) in [5.74, 6) is 0.697. The fraction of sp³-hybridized carbons (Fsp3) is 0.176. The first-order valence-corrected chi connectivity index (χ1v) is 6.35. The molecule has 0 fully saturated rings. The van der Waals surface area contributed by atoms with Crippen LogP contribution in [-0.2, 0) is 0 Å². The van der Waals surface area contributed by atoms with Gasteiger partial charge < -0.3 is 4.74 Å². The van der Waals surface area contributed by atoms with Crippen LogP contribution in [0.5, 0.6) is 5.75 Å². The molecule has 0 saturated carbocycles. The van der Waals surface area contributed by atoms with E-state index in [1.807, 2.05) is 37.3 Å². The second-order valence-electron chi connectivity index (χ2n) is 4.27. The van der Waals surface area contributed by atoms with E-state index in [9.17, 15) is 4.39 Å². The number of ether oxygens (including phenoxy) is 1. The van der Waals surface area contributed by atoms with Crippen LogP contribution in [0, 0.1) is 5.82 Å². The van der Waals surface area contributed by atoms with E-state index >= 15 is 0 Å². The average molecular weight is 256 g/mol. The molecule has 0 bridgehead atoms. The van der Waals surface area contributed by atoms with Crippen LogP contribution in [-0.4, -0.2) is 6.61 Å². The zero-order valence-corrected chi connectivity index (χ0v) is 11.0. The molecule has 0 aliphatic rings. The highest BCUT2D eigenvalue weighted by molar-refractivity contribution is 5.39. The molecule has 0 amide bonds. The van der Waals surface area contributed by atoms with Gasteiger partial charge in [0.15, 0.2) is 0 Å². The van der Waals surface area contributed by atoms with E-state index in [0.29, 0.717) is 6.61 Å². The molecule has 2 aromatic rings. The standard InChI is InChI=1S/C17H17FO/c1-3-17(13-5-9-15(18)10-6-13)14-7-11-16(12-8-14)19-4-2/h3,5-12,17H,1,4H2,2H3. The molecule has 1 unspecified atom stereocenters. The predicted octanol–water partition coefficient (Wildman–Crippen LogP) is 4.54. The van der Waals surface area contributed by atoms with Gasteiger partial charge in [-0.1, -0.05) is 30.3 Å². The second kappa shape index (κ2) is 6.19. The van der Waals surface area contributed by atoms with Gasteiger partial charge in [0.05, 0.1) is 6.61 Å². The van der Waals surface area contributed by atoms with Crippen molar-refractivity contribution in [2.45, 2.75) is 12.8 Å². The predicted molar refractivity (Wildman–Crippen MR) is 76.1 cm³/mol. The van der Waals surface area contributed by atoms with Gasteiger partial charge in [0.25, 0.3) is 0 Å². The Bertz CT molecular complexity index is 528. The van der Waals surface area contributed by atoms with Crippen molar-refractivity contribution in [1.29, 1.82) is 0 Å². The fourth-order valence-corrected chi connectivity index (χ4v) is 2.07. The van der Waals surface area contributed by atoms with E-state index < -0.39 is 0 Å². The lowest BCUT2D eigenvalue weighted by Crippen LogP contribution is -1.98. The van der Waals surface area contributed by atoms with E-state index in [4.69, 9.17) is 4.74 Å². The number of benzene rings is 2. The van der Waals surface area contributed by atoms with Gasteiger partial charge in [0.2, 0.25) is 0 Å². The summed E-state index contributed by atoms with van der Waals surface area (Å²) in [5.41, 5.74) is 2.14. The van der Waals surface area contributed by atoms with E-state index in [0.717, 1.165) is 16.9 Å². The Morgan fingerprint density at radius 1 is 1.05 bits per heavy atom. The molecule has 0 saturated heterocycles. The highest BCUT2D eigenvalue weighted by Gasteiger charge is 2.10. The summed E-state index contributed by atoms with van der Waals surface area (Å²) in [6.45, 7) is 6.48. The zero-order chi connectivity index (χ0) is 13.7. The largest absolute Gasteiger partial charge is 0.494 e. The monoisotopic (exact) mass is 256 g/mol. The summed E-state index contributed by atoms with van der Waals surface area (Å²) in [6, 6.07) is 14.4. The SMILES string of the molecule is C=CC(c1ccc(F)cc1)c1ccc(OCC)cc1. The lowest BCUT2D eigenvalue weighted by atomic mass is 9.91. The second-order valence-corrected chi connectivity index (χ2v) is 4.27. The van der Waals surface area contributed by atoms with Crippen LogP contribution in [0.2, 0.25) is 0 Å². The molecule has 0 spiro atoms. The van der Waals surface area contributed by atoms with Crippen molar-refractivity contribution in [2.24, 2.45) is 0 Å². The van der Waals surface area contributed by atoms with Crippen LogP contribution >= 0.6 is 0 Å². The van der Waals surface area contributed by atoms with Gasteiger partial charge in [-0.15, -0.1) is 6.58 Å². The molecule has 98 valence electrons. The number of rotatable bonds is 5. The molecule has 0 aromatic heterocycles. The number of hydrogen-bond acceptors (Lipinski definition) is 1. The van der Waals surface area contributed by atoms with Crippen molar-refractivity contribution in [1.82, 2.24) is 0 Å². The number of allylic oxidation sites excluding steroid dienone is 1. The Morgan fingerprint density at radius 3 is 2.05 bits per heavy atom. The van der Waals surface area contributed by atoms with Crippen LogP contribution in [0.3, 0.4) is 0 Å². The van der Waals surface area contributed by atoms with Gasteiger partial charge in [0.1, 0.15) is 11.6 Å². The topological polar surface area (TPSA) is 9.23 Å². The molecule has 19 heavy (non-hydrogen) atoms. The van der Waals surface area contributed by atoms with Crippen molar-refractivity contribution in [3.8, 4) is 5.75 Å². The van der Waals surface area contributed by atoms with Crippen molar-refractivity contribution in [3.05, 3.63) is 78.1 Å². The maximum atomic E-state index is 13.0. The molecule has 1 atom stereocenters. The van der Waals surface area contributed by atoms with Crippen LogP contribution in [0.15, 0.2) is 61.2 Å². The Hall–Kier alpha value is -2.09. The van der Waals surface area contributed by atoms with Gasteiger partial charge in [-0.2, -0.15) is 0 Å². The third-order valence-corrected chi connectivity index (χ3v) is 3.02. The minimum Gasteiger partial charge on any atom is -0.494 e. The zero-order valence-electron chi connectivity index (χ0n) is 11.0. The highest BCUT2D eigenvalue weighted by Crippen LogP contribution is 2.27. The molecule has 0 radical (unpaired) electrons. The summed E-state index contributed by atoms with van der Waals surface area (Å²) >= 11 is 0. The first-order valence-electron chi connectivity index (χ1n) is 6.35. The van der Waals surface area contributed by atoms with E-state index in [2.05, 4.69) is 6.58 Å². The summed E-state index contributed by atoms with van der Waals surface area (Å²) < 4.78 is 18.4. The summed E-state index contributed by atoms with van der Waals surface area (Å²) in [7, 11) is 0. The van der Waals surface area contributed by atoms with E-state index in [1.165, 1.54) is 12.1 Å². The minimum absolute atomic E-state index is 0.0660. The van der Waals surface area contributed by atoms with Crippen molar-refractivity contribution in [3.63, 3.8) is 0 Å². The van der Waals surface area contributed by atoms with Crippen LogP contribution in [0.1, 0.15) is 24.0 Å². The normalized spacial score (nSPS) is 11.9. The van der Waals surface area contributed by atoms with Gasteiger partial charge in [0, 0.05) is 5.92 Å². The third kappa shape index (κ3) is 3.22. The Labute approximate surface area is 113 Å². The summed E-state index contributed by atoms with van der Waals surface area (Å²) in [4.78, 5) is 0. The third-order valence-electron chi connectivity index (χ3n) is 3.02. The van der Waals surface area contributed by atoms with Crippen molar-refractivity contribution >= 4 is 0 Å². The molecular formula is C17H17FO. The molecule has 1 nitrogen and oxygen atoms in total. The molecular weight excluding hydrogens is 239 g/mol. The molecule has 0 aliphatic carbocycles. The van der Waals surface area contributed by atoms with Gasteiger partial charge in [-0.3, -0.25) is 0 Å². The summed E-state index contributed by atoms with van der Waals surface area (Å²) in [5, 5.41) is 0. The van der Waals surface area contributed by atoms with E-state index in [-0.39, 0.29) is 11.7 Å². The number of halogens is 1. The smallest absolute Gasteiger partial charge is 0.123 e. The van der Waals surface area contributed by atoms with Crippen molar-refractivity contribution < 1.29 is 9.13 Å². The Kier molecular flexibility index (Phi) is 4.35. The molecule has 2 heteroatoms. The lowest BCUT2D eigenvalue weighted by Gasteiger charge is -2.14. The molecule has 0 N–H and O–H groups in total. The maximum absolute atomic E-state index is 13.0. The number of hydrogen-bond donors (Lipinski definition) is 0. The molecule has 2 rings (SSSR count). The molecule has 0 aliphatic heterocycles. The quantitative estimate of drug-likeness (QED) is 0.713. The Balaban J connectivity index is 2.26. The van der Waals surface area contributed by atoms with Gasteiger partial charge >= 0.3 is 0 Å².